The lowest BCUT2D eigenvalue weighted by Gasteiger charge is -2.34. The third kappa shape index (κ3) is 3.13. The van der Waals surface area contributed by atoms with Crippen molar-refractivity contribution in [1.29, 1.82) is 0 Å². The van der Waals surface area contributed by atoms with Gasteiger partial charge in [0.1, 0.15) is 12.7 Å². The van der Waals surface area contributed by atoms with Crippen LogP contribution in [0, 0.1) is 6.92 Å². The lowest BCUT2D eigenvalue weighted by molar-refractivity contribution is 0.0655. The third-order valence-electron chi connectivity index (χ3n) is 3.89. The monoisotopic (exact) mass is 321 g/mol. The Morgan fingerprint density at radius 2 is 2.23 bits per heavy atom. The van der Waals surface area contributed by atoms with Crippen LogP contribution in [-0.4, -0.2) is 51.2 Å². The van der Waals surface area contributed by atoms with Crippen LogP contribution in [0.2, 0.25) is 0 Å². The minimum Gasteiger partial charge on any atom is -0.333 e. The highest BCUT2D eigenvalue weighted by Crippen LogP contribution is 2.17. The first-order valence-electron chi connectivity index (χ1n) is 7.14. The van der Waals surface area contributed by atoms with Crippen molar-refractivity contribution in [1.82, 2.24) is 25.0 Å². The average molecular weight is 322 g/mol. The van der Waals surface area contributed by atoms with Gasteiger partial charge in [-0.25, -0.2) is 9.67 Å². The number of amides is 1. The van der Waals surface area contributed by atoms with Gasteiger partial charge in [0, 0.05) is 31.2 Å². The van der Waals surface area contributed by atoms with Crippen molar-refractivity contribution in [3.05, 3.63) is 42.0 Å². The molecule has 0 saturated carbocycles. The van der Waals surface area contributed by atoms with Gasteiger partial charge < -0.3 is 10.2 Å². The molecule has 1 aliphatic rings. The molecule has 1 aliphatic heterocycles. The maximum Gasteiger partial charge on any atom is 0.254 e. The van der Waals surface area contributed by atoms with E-state index in [0.29, 0.717) is 0 Å². The van der Waals surface area contributed by atoms with Crippen LogP contribution in [-0.2, 0) is 0 Å². The fourth-order valence-electron chi connectivity index (χ4n) is 2.67. The second-order valence-corrected chi connectivity index (χ2v) is 5.39. The van der Waals surface area contributed by atoms with E-state index in [1.54, 1.807) is 11.0 Å². The molecule has 6 nitrogen and oxygen atoms in total. The van der Waals surface area contributed by atoms with Gasteiger partial charge in [-0.1, -0.05) is 0 Å². The van der Waals surface area contributed by atoms with Gasteiger partial charge in [0.05, 0.1) is 5.69 Å². The van der Waals surface area contributed by atoms with E-state index < -0.39 is 0 Å². The number of aromatic nitrogens is 3. The van der Waals surface area contributed by atoms with Gasteiger partial charge in [-0.15, -0.1) is 12.4 Å². The van der Waals surface area contributed by atoms with Gasteiger partial charge in [-0.3, -0.25) is 4.79 Å². The van der Waals surface area contributed by atoms with E-state index in [9.17, 15) is 4.79 Å². The van der Waals surface area contributed by atoms with Crippen LogP contribution in [0.3, 0.4) is 0 Å². The molecule has 0 aliphatic carbocycles. The van der Waals surface area contributed by atoms with Crippen molar-refractivity contribution < 1.29 is 4.79 Å². The van der Waals surface area contributed by atoms with Crippen LogP contribution < -0.4 is 5.32 Å². The van der Waals surface area contributed by atoms with Crippen molar-refractivity contribution in [2.24, 2.45) is 0 Å². The van der Waals surface area contributed by atoms with E-state index in [4.69, 9.17) is 0 Å². The number of aryl methyl sites for hydroxylation is 1. The maximum atomic E-state index is 12.7. The molecule has 1 aromatic heterocycles. The van der Waals surface area contributed by atoms with Gasteiger partial charge in [-0.05, 0) is 37.6 Å². The Balaban J connectivity index is 0.00000176. The molecule has 2 aromatic rings. The first-order valence-corrected chi connectivity index (χ1v) is 7.14. The number of nitrogens with zero attached hydrogens (tertiary/aromatic N) is 4. The number of hydrogen-bond donors (Lipinski definition) is 1. The van der Waals surface area contributed by atoms with Crippen molar-refractivity contribution in [2.75, 3.05) is 19.6 Å². The number of nitrogens with one attached hydrogen (secondary N) is 1. The fourth-order valence-corrected chi connectivity index (χ4v) is 2.67. The smallest absolute Gasteiger partial charge is 0.254 e. The Morgan fingerprint density at radius 3 is 2.86 bits per heavy atom. The molecule has 3 rings (SSSR count). The Hall–Kier alpha value is -1.92. The van der Waals surface area contributed by atoms with E-state index in [-0.39, 0.29) is 24.4 Å². The summed E-state index contributed by atoms with van der Waals surface area (Å²) in [5.41, 5.74) is 2.63. The van der Waals surface area contributed by atoms with Gasteiger partial charge in [-0.2, -0.15) is 5.10 Å². The van der Waals surface area contributed by atoms with Crippen LogP contribution in [0.5, 0.6) is 0 Å². The topological polar surface area (TPSA) is 63.1 Å². The summed E-state index contributed by atoms with van der Waals surface area (Å²) < 4.78 is 1.69. The molecule has 2 heterocycles. The van der Waals surface area contributed by atoms with E-state index in [1.165, 1.54) is 6.33 Å². The van der Waals surface area contributed by atoms with E-state index >= 15 is 0 Å². The summed E-state index contributed by atoms with van der Waals surface area (Å²) in [5.74, 6) is 0.103. The summed E-state index contributed by atoms with van der Waals surface area (Å²) in [4.78, 5) is 18.6. The molecule has 0 unspecified atom stereocenters. The SMILES string of the molecule is Cc1cc(-n2cncn2)ccc1C(=O)N1CCNC[C@@H]1C.Cl. The Morgan fingerprint density at radius 1 is 1.41 bits per heavy atom. The molecule has 7 heteroatoms. The second-order valence-electron chi connectivity index (χ2n) is 5.39. The van der Waals surface area contributed by atoms with Crippen LogP contribution in [0.25, 0.3) is 5.69 Å². The zero-order chi connectivity index (χ0) is 14.8. The number of rotatable bonds is 2. The summed E-state index contributed by atoms with van der Waals surface area (Å²) in [6.45, 7) is 6.49. The summed E-state index contributed by atoms with van der Waals surface area (Å²) in [6, 6.07) is 5.97. The quantitative estimate of drug-likeness (QED) is 0.909. The number of piperazine rings is 1. The largest absolute Gasteiger partial charge is 0.333 e. The highest BCUT2D eigenvalue weighted by atomic mass is 35.5. The zero-order valence-corrected chi connectivity index (χ0v) is 13.5. The van der Waals surface area contributed by atoms with E-state index in [0.717, 1.165) is 36.4 Å². The van der Waals surface area contributed by atoms with Crippen molar-refractivity contribution >= 4 is 18.3 Å². The zero-order valence-electron chi connectivity index (χ0n) is 12.7. The molecule has 118 valence electrons. The molecular weight excluding hydrogens is 302 g/mol. The number of benzene rings is 1. The number of carbonyl (C=O) groups excluding carboxylic acids is 1. The van der Waals surface area contributed by atoms with Crippen molar-refractivity contribution in [2.45, 2.75) is 19.9 Å². The lowest BCUT2D eigenvalue weighted by atomic mass is 10.0. The minimum atomic E-state index is 0. The summed E-state index contributed by atoms with van der Waals surface area (Å²) in [5, 5.41) is 7.41. The van der Waals surface area contributed by atoms with Gasteiger partial charge in [0.25, 0.3) is 5.91 Å². The van der Waals surface area contributed by atoms with Gasteiger partial charge in [0.15, 0.2) is 0 Å². The predicted molar refractivity (Wildman–Crippen MR) is 86.7 cm³/mol. The Labute approximate surface area is 135 Å². The van der Waals surface area contributed by atoms with Crippen LogP contribution in [0.1, 0.15) is 22.8 Å². The normalized spacial score (nSPS) is 17.9. The fraction of sp³-hybridized carbons (Fsp3) is 0.400. The molecule has 0 radical (unpaired) electrons. The van der Waals surface area contributed by atoms with Gasteiger partial charge in [0.2, 0.25) is 0 Å². The Bertz CT molecular complexity index is 643. The van der Waals surface area contributed by atoms with Crippen LogP contribution >= 0.6 is 12.4 Å². The van der Waals surface area contributed by atoms with E-state index in [2.05, 4.69) is 22.3 Å². The average Bonchev–Trinajstić information content (AvgIpc) is 3.01. The molecule has 1 fully saturated rings. The molecule has 1 saturated heterocycles. The summed E-state index contributed by atoms with van der Waals surface area (Å²) in [7, 11) is 0. The second kappa shape index (κ2) is 6.89. The predicted octanol–water partition coefficient (Wildman–Crippen LogP) is 1.43. The van der Waals surface area contributed by atoms with Crippen molar-refractivity contribution in [3.8, 4) is 5.69 Å². The Kier molecular flexibility index (Phi) is 5.15. The first kappa shape index (κ1) is 16.5. The molecule has 1 atom stereocenters. The first-order chi connectivity index (χ1) is 10.2. The number of carbonyl (C=O) groups is 1. The minimum absolute atomic E-state index is 0. The molecular formula is C15H20ClN5O. The third-order valence-corrected chi connectivity index (χ3v) is 3.89. The molecule has 22 heavy (non-hydrogen) atoms. The van der Waals surface area contributed by atoms with Gasteiger partial charge >= 0.3 is 0 Å². The number of hydrogen-bond acceptors (Lipinski definition) is 4. The lowest BCUT2D eigenvalue weighted by Crippen LogP contribution is -2.52. The standard InChI is InChI=1S/C15H19N5O.ClH/c1-11-7-13(20-10-17-9-18-20)3-4-14(11)15(21)19-6-5-16-8-12(19)2;/h3-4,7,9-10,12,16H,5-6,8H2,1-2H3;1H/t12-;/m0./s1. The summed E-state index contributed by atoms with van der Waals surface area (Å²) in [6.07, 6.45) is 3.14. The van der Waals surface area contributed by atoms with Crippen LogP contribution in [0.4, 0.5) is 0 Å². The molecule has 1 aromatic carbocycles. The molecule has 0 bridgehead atoms. The summed E-state index contributed by atoms with van der Waals surface area (Å²) >= 11 is 0. The maximum absolute atomic E-state index is 12.7. The molecule has 0 spiro atoms. The molecule has 1 N–H and O–H groups in total. The van der Waals surface area contributed by atoms with Crippen LogP contribution in [0.15, 0.2) is 30.9 Å². The molecule has 1 amide bonds. The highest BCUT2D eigenvalue weighted by molar-refractivity contribution is 5.96. The highest BCUT2D eigenvalue weighted by Gasteiger charge is 2.25. The number of halogens is 1. The van der Waals surface area contributed by atoms with E-state index in [1.807, 2.05) is 30.0 Å². The van der Waals surface area contributed by atoms with Crippen molar-refractivity contribution in [3.63, 3.8) is 0 Å².